The zero-order valence-corrected chi connectivity index (χ0v) is 21.3. The lowest BCUT2D eigenvalue weighted by Gasteiger charge is -2.28. The van der Waals surface area contributed by atoms with Gasteiger partial charge in [-0.2, -0.15) is 9.90 Å². The Morgan fingerprint density at radius 1 is 1.00 bits per heavy atom. The molecule has 1 heterocycles. The molecule has 1 aromatic carbocycles. The van der Waals surface area contributed by atoms with E-state index in [4.69, 9.17) is 46.4 Å². The number of rotatable bonds is 3. The third kappa shape index (κ3) is 9.44. The quantitative estimate of drug-likeness (QED) is 0.279. The Balaban J connectivity index is -0.000000222. The van der Waals surface area contributed by atoms with Crippen molar-refractivity contribution in [2.24, 2.45) is 0 Å². The second-order valence-electron chi connectivity index (χ2n) is 4.35. The van der Waals surface area contributed by atoms with Gasteiger partial charge in [0.15, 0.2) is 0 Å². The Hall–Kier alpha value is 1.41. The summed E-state index contributed by atoms with van der Waals surface area (Å²) in [5.41, 5.74) is 1.58. The van der Waals surface area contributed by atoms with Crippen LogP contribution in [0.2, 0.25) is 10.0 Å². The van der Waals surface area contributed by atoms with Gasteiger partial charge < -0.3 is 0 Å². The molecule has 1 nitrogen and oxygen atoms in total. The van der Waals surface area contributed by atoms with Crippen molar-refractivity contribution in [3.63, 3.8) is 0 Å². The minimum atomic E-state index is -0.812. The molecule has 1 aromatic heterocycles. The second kappa shape index (κ2) is 16.4. The van der Waals surface area contributed by atoms with Crippen LogP contribution in [0.25, 0.3) is 0 Å². The lowest BCUT2D eigenvalue weighted by atomic mass is 9.93. The Morgan fingerprint density at radius 2 is 1.56 bits per heavy atom. The molecule has 25 heavy (non-hydrogen) atoms. The van der Waals surface area contributed by atoms with E-state index < -0.39 is 10.3 Å². The van der Waals surface area contributed by atoms with Gasteiger partial charge in [-0.15, -0.1) is 85.2 Å². The van der Waals surface area contributed by atoms with E-state index in [1.165, 1.54) is 0 Å². The van der Waals surface area contributed by atoms with Crippen molar-refractivity contribution in [1.82, 2.24) is 4.98 Å². The molecule has 148 valence electrons. The van der Waals surface area contributed by atoms with Gasteiger partial charge >= 0.3 is 0 Å². The van der Waals surface area contributed by atoms with Gasteiger partial charge in [-0.3, -0.25) is 4.98 Å². The highest BCUT2D eigenvalue weighted by molar-refractivity contribution is 6.92. The summed E-state index contributed by atoms with van der Waals surface area (Å²) in [5.74, 6) is 0. The van der Waals surface area contributed by atoms with E-state index >= 15 is 0 Å². The van der Waals surface area contributed by atoms with Gasteiger partial charge in [0.05, 0.1) is 10.3 Å². The first kappa shape index (κ1) is 37.2. The van der Waals surface area contributed by atoms with Crippen molar-refractivity contribution < 1.29 is 0 Å². The number of nitrogens with zero attached hydrogens (tertiary/aromatic N) is 1. The molecule has 0 bridgehead atoms. The first-order valence-corrected chi connectivity index (χ1v) is 7.18. The van der Waals surface area contributed by atoms with E-state index in [2.05, 4.69) is 4.98 Å². The molecule has 0 aliphatic rings. The van der Waals surface area contributed by atoms with Gasteiger partial charge in [-0.1, -0.05) is 35.3 Å². The van der Waals surface area contributed by atoms with E-state index in [1.54, 1.807) is 30.6 Å². The van der Waals surface area contributed by atoms with Gasteiger partial charge in [-0.05, 0) is 36.2 Å². The second-order valence-corrected chi connectivity index (χ2v) is 6.41. The van der Waals surface area contributed by atoms with Crippen molar-refractivity contribution in [3.05, 3.63) is 63.9 Å². The maximum atomic E-state index is 6.59. The third-order valence-electron chi connectivity index (χ3n) is 2.94. The SMILES string of the molecule is CC(Cl)(c1cccnc1)C(Cl)c1ccc(Cl)cc1Cl.Cl.Cl.Cl.Cl.Cl.P. The van der Waals surface area contributed by atoms with E-state index in [1.807, 2.05) is 19.1 Å². The van der Waals surface area contributed by atoms with Crippen LogP contribution in [0, 0.1) is 0 Å². The van der Waals surface area contributed by atoms with Gasteiger partial charge in [0, 0.05) is 22.4 Å². The van der Waals surface area contributed by atoms with Crippen LogP contribution >= 0.6 is 118 Å². The molecule has 0 N–H and O–H groups in total. The molecule has 0 saturated carbocycles. The van der Waals surface area contributed by atoms with Crippen molar-refractivity contribution in [3.8, 4) is 0 Å². The fourth-order valence-electron chi connectivity index (χ4n) is 1.80. The average molecular weight is 551 g/mol. The van der Waals surface area contributed by atoms with Crippen LogP contribution in [-0.4, -0.2) is 4.98 Å². The molecule has 3 unspecified atom stereocenters. The van der Waals surface area contributed by atoms with Crippen LogP contribution in [-0.2, 0) is 4.87 Å². The summed E-state index contributed by atoms with van der Waals surface area (Å²) in [6, 6.07) is 8.90. The van der Waals surface area contributed by atoms with Crippen LogP contribution in [0.5, 0.6) is 0 Å². The maximum absolute atomic E-state index is 6.59. The maximum Gasteiger partial charge on any atom is 0.0886 e. The van der Waals surface area contributed by atoms with Gasteiger partial charge in [0.1, 0.15) is 0 Å². The van der Waals surface area contributed by atoms with E-state index in [9.17, 15) is 0 Å². The number of benzene rings is 1. The molecule has 0 fully saturated rings. The topological polar surface area (TPSA) is 12.9 Å². The standard InChI is InChI=1S/C14H11Cl4N.5ClH.H3P/c1-14(18,9-3-2-6-19-8-9)13(17)11-5-4-10(15)7-12(11)16;;;;;;/h2-8,13H,1H3;5*1H;1H3. The van der Waals surface area contributed by atoms with Crippen molar-refractivity contribution in [2.75, 3.05) is 0 Å². The van der Waals surface area contributed by atoms with Crippen molar-refractivity contribution in [2.45, 2.75) is 17.2 Å². The van der Waals surface area contributed by atoms with Crippen LogP contribution < -0.4 is 0 Å². The molecule has 2 aromatic rings. The number of alkyl halides is 2. The van der Waals surface area contributed by atoms with Crippen LogP contribution in [0.3, 0.4) is 0 Å². The summed E-state index contributed by atoms with van der Waals surface area (Å²) >= 11 is 25.2. The Labute approximate surface area is 203 Å². The van der Waals surface area contributed by atoms with Gasteiger partial charge in [-0.25, -0.2) is 0 Å². The highest BCUT2D eigenvalue weighted by atomic mass is 35.5. The van der Waals surface area contributed by atoms with Crippen molar-refractivity contribution in [1.29, 1.82) is 0 Å². The highest BCUT2D eigenvalue weighted by Crippen LogP contribution is 2.47. The molecule has 2 rings (SSSR count). The minimum Gasteiger partial charge on any atom is -0.264 e. The molecular weight excluding hydrogens is 532 g/mol. The monoisotopic (exact) mass is 547 g/mol. The fourth-order valence-corrected chi connectivity index (χ4v) is 2.92. The van der Waals surface area contributed by atoms with E-state index in [0.717, 1.165) is 11.1 Å². The smallest absolute Gasteiger partial charge is 0.0886 e. The summed E-state index contributed by atoms with van der Waals surface area (Å²) < 4.78 is 0. The lowest BCUT2D eigenvalue weighted by Crippen LogP contribution is -2.21. The third-order valence-corrected chi connectivity index (χ3v) is 4.72. The van der Waals surface area contributed by atoms with E-state index in [-0.39, 0.29) is 71.9 Å². The molecule has 0 spiro atoms. The number of pyridine rings is 1. The molecule has 11 heteroatoms. The fraction of sp³-hybridized carbons (Fsp3) is 0.214. The molecule has 0 amide bonds. The first-order valence-electron chi connectivity index (χ1n) is 5.61. The summed E-state index contributed by atoms with van der Waals surface area (Å²) in [6.45, 7) is 1.84. The molecule has 0 radical (unpaired) electrons. The Bertz CT molecular complexity index is 584. The van der Waals surface area contributed by atoms with Crippen LogP contribution in [0.15, 0.2) is 42.7 Å². The zero-order valence-electron chi connectivity index (χ0n) is 12.8. The number of hydrogen-bond donors (Lipinski definition) is 0. The molecule has 0 aliphatic carbocycles. The number of aromatic nitrogens is 1. The lowest BCUT2D eigenvalue weighted by molar-refractivity contribution is 0.646. The molecule has 0 aliphatic heterocycles. The normalized spacial score (nSPS) is 12.0. The first-order chi connectivity index (χ1) is 8.93. The molecule has 0 saturated heterocycles. The highest BCUT2D eigenvalue weighted by Gasteiger charge is 2.35. The minimum absolute atomic E-state index is 0. The summed E-state index contributed by atoms with van der Waals surface area (Å²) in [7, 11) is 0. The van der Waals surface area contributed by atoms with Crippen LogP contribution in [0.4, 0.5) is 0 Å². The number of halogens is 9. The van der Waals surface area contributed by atoms with Gasteiger partial charge in [0.25, 0.3) is 0 Å². The summed E-state index contributed by atoms with van der Waals surface area (Å²) in [5, 5.41) is 0.571. The summed E-state index contributed by atoms with van der Waals surface area (Å²) in [4.78, 5) is 3.25. The predicted octanol–water partition coefficient (Wildman–Crippen LogP) is 7.99. The molecular formula is C14H19Cl9NP. The average Bonchev–Trinajstić information content (AvgIpc) is 2.39. The van der Waals surface area contributed by atoms with Gasteiger partial charge in [0.2, 0.25) is 0 Å². The largest absolute Gasteiger partial charge is 0.264 e. The van der Waals surface area contributed by atoms with Crippen molar-refractivity contribution >= 4 is 118 Å². The molecule has 3 atom stereocenters. The zero-order chi connectivity index (χ0) is 14.0. The Morgan fingerprint density at radius 3 is 2.00 bits per heavy atom. The number of hydrogen-bond acceptors (Lipinski definition) is 1. The predicted molar refractivity (Wildman–Crippen MR) is 130 cm³/mol. The Kier molecular flexibility index (Phi) is 24.4. The summed E-state index contributed by atoms with van der Waals surface area (Å²) in [6.07, 6.45) is 3.39. The van der Waals surface area contributed by atoms with Crippen LogP contribution in [0.1, 0.15) is 23.4 Å². The van der Waals surface area contributed by atoms with E-state index in [0.29, 0.717) is 10.0 Å².